The Morgan fingerprint density at radius 3 is 2.52 bits per heavy atom. The zero-order chi connectivity index (χ0) is 14.7. The molecule has 2 aromatic rings. The van der Waals surface area contributed by atoms with Crippen molar-refractivity contribution in [3.63, 3.8) is 0 Å². The predicted octanol–water partition coefficient (Wildman–Crippen LogP) is 2.77. The van der Waals surface area contributed by atoms with Crippen LogP contribution in [0.4, 0.5) is 0 Å². The fraction of sp³-hybridized carbons (Fsp3) is 0.500. The maximum Gasteiger partial charge on any atom is 0.223 e. The molecule has 3 rings (SSSR count). The number of benzene rings is 1. The molecule has 0 amide bonds. The van der Waals surface area contributed by atoms with E-state index in [0.29, 0.717) is 11.8 Å². The van der Waals surface area contributed by atoms with Gasteiger partial charge in [-0.3, -0.25) is 4.90 Å². The molecule has 5 heteroatoms. The van der Waals surface area contributed by atoms with Crippen molar-refractivity contribution < 1.29 is 9.26 Å². The lowest BCUT2D eigenvalue weighted by Gasteiger charge is -2.30. The quantitative estimate of drug-likeness (QED) is 0.865. The van der Waals surface area contributed by atoms with Crippen LogP contribution in [0.2, 0.25) is 0 Å². The SMILES string of the molecule is COc1ccc(CN2CCC(c3noc(C)n3)CC2)cc1. The second-order valence-corrected chi connectivity index (χ2v) is 5.57. The lowest BCUT2D eigenvalue weighted by atomic mass is 9.96. The maximum atomic E-state index is 5.19. The van der Waals surface area contributed by atoms with Crippen molar-refractivity contribution in [3.8, 4) is 5.75 Å². The van der Waals surface area contributed by atoms with Gasteiger partial charge in [0.2, 0.25) is 5.89 Å². The maximum absolute atomic E-state index is 5.19. The molecule has 1 aliphatic heterocycles. The summed E-state index contributed by atoms with van der Waals surface area (Å²) in [6.45, 7) is 4.98. The van der Waals surface area contributed by atoms with Crippen molar-refractivity contribution in [1.29, 1.82) is 0 Å². The summed E-state index contributed by atoms with van der Waals surface area (Å²) in [5, 5.41) is 4.05. The number of piperidine rings is 1. The Labute approximate surface area is 124 Å². The fourth-order valence-corrected chi connectivity index (χ4v) is 2.82. The molecular weight excluding hydrogens is 266 g/mol. The van der Waals surface area contributed by atoms with Gasteiger partial charge in [0, 0.05) is 19.4 Å². The molecule has 1 aromatic heterocycles. The van der Waals surface area contributed by atoms with Gasteiger partial charge in [-0.25, -0.2) is 0 Å². The average Bonchev–Trinajstić information content (AvgIpc) is 2.95. The molecule has 1 fully saturated rings. The molecule has 0 spiro atoms. The number of nitrogens with zero attached hydrogens (tertiary/aromatic N) is 3. The summed E-state index contributed by atoms with van der Waals surface area (Å²) >= 11 is 0. The molecule has 0 aliphatic carbocycles. The molecule has 5 nitrogen and oxygen atoms in total. The van der Waals surface area contributed by atoms with Crippen LogP contribution in [-0.4, -0.2) is 35.2 Å². The number of rotatable bonds is 4. The molecule has 0 bridgehead atoms. The van der Waals surface area contributed by atoms with E-state index in [4.69, 9.17) is 9.26 Å². The van der Waals surface area contributed by atoms with Crippen LogP contribution in [-0.2, 0) is 6.54 Å². The second-order valence-electron chi connectivity index (χ2n) is 5.57. The van der Waals surface area contributed by atoms with Gasteiger partial charge in [0.15, 0.2) is 5.82 Å². The summed E-state index contributed by atoms with van der Waals surface area (Å²) < 4.78 is 10.3. The highest BCUT2D eigenvalue weighted by Crippen LogP contribution is 2.26. The van der Waals surface area contributed by atoms with E-state index < -0.39 is 0 Å². The molecule has 21 heavy (non-hydrogen) atoms. The van der Waals surface area contributed by atoms with Gasteiger partial charge in [-0.05, 0) is 43.6 Å². The zero-order valence-electron chi connectivity index (χ0n) is 12.6. The summed E-state index contributed by atoms with van der Waals surface area (Å²) in [5.74, 6) is 2.88. The highest BCUT2D eigenvalue weighted by molar-refractivity contribution is 5.27. The number of methoxy groups -OCH3 is 1. The van der Waals surface area contributed by atoms with E-state index in [0.717, 1.165) is 44.0 Å². The minimum Gasteiger partial charge on any atom is -0.497 e. The summed E-state index contributed by atoms with van der Waals surface area (Å²) in [6.07, 6.45) is 2.18. The monoisotopic (exact) mass is 287 g/mol. The van der Waals surface area contributed by atoms with Gasteiger partial charge < -0.3 is 9.26 Å². The van der Waals surface area contributed by atoms with Gasteiger partial charge in [-0.2, -0.15) is 4.98 Å². The number of aryl methyl sites for hydroxylation is 1. The van der Waals surface area contributed by atoms with Gasteiger partial charge in [0.1, 0.15) is 5.75 Å². The normalized spacial score (nSPS) is 17.0. The van der Waals surface area contributed by atoms with Crippen molar-refractivity contribution in [2.24, 2.45) is 0 Å². The smallest absolute Gasteiger partial charge is 0.223 e. The molecule has 0 N–H and O–H groups in total. The first kappa shape index (κ1) is 14.1. The Balaban J connectivity index is 1.53. The van der Waals surface area contributed by atoms with E-state index in [1.807, 2.05) is 19.1 Å². The van der Waals surface area contributed by atoms with E-state index in [2.05, 4.69) is 27.2 Å². The van der Waals surface area contributed by atoms with E-state index in [1.54, 1.807) is 7.11 Å². The van der Waals surface area contributed by atoms with E-state index >= 15 is 0 Å². The van der Waals surface area contributed by atoms with Crippen molar-refractivity contribution >= 4 is 0 Å². The van der Waals surface area contributed by atoms with Crippen LogP contribution < -0.4 is 4.74 Å². The molecule has 0 radical (unpaired) electrons. The Kier molecular flexibility index (Phi) is 4.20. The van der Waals surface area contributed by atoms with Crippen LogP contribution in [0.25, 0.3) is 0 Å². The van der Waals surface area contributed by atoms with Crippen LogP contribution in [0.3, 0.4) is 0 Å². The van der Waals surface area contributed by atoms with Gasteiger partial charge in [-0.1, -0.05) is 17.3 Å². The topological polar surface area (TPSA) is 51.4 Å². The van der Waals surface area contributed by atoms with Gasteiger partial charge in [0.25, 0.3) is 0 Å². The van der Waals surface area contributed by atoms with Crippen molar-refractivity contribution in [3.05, 3.63) is 41.5 Å². The second kappa shape index (κ2) is 6.26. The molecule has 0 unspecified atom stereocenters. The summed E-state index contributed by atoms with van der Waals surface area (Å²) in [6, 6.07) is 8.30. The Morgan fingerprint density at radius 2 is 1.95 bits per heavy atom. The first-order valence-corrected chi connectivity index (χ1v) is 7.40. The number of aromatic nitrogens is 2. The lowest BCUT2D eigenvalue weighted by Crippen LogP contribution is -2.32. The first-order valence-electron chi connectivity index (χ1n) is 7.40. The van der Waals surface area contributed by atoms with Crippen molar-refractivity contribution in [2.45, 2.75) is 32.2 Å². The van der Waals surface area contributed by atoms with Crippen LogP contribution in [0, 0.1) is 6.92 Å². The summed E-state index contributed by atoms with van der Waals surface area (Å²) in [4.78, 5) is 6.83. The van der Waals surface area contributed by atoms with Gasteiger partial charge >= 0.3 is 0 Å². The van der Waals surface area contributed by atoms with Crippen LogP contribution in [0.5, 0.6) is 5.75 Å². The molecule has 1 aromatic carbocycles. The number of hydrogen-bond acceptors (Lipinski definition) is 5. The van der Waals surface area contributed by atoms with Gasteiger partial charge in [-0.15, -0.1) is 0 Å². The first-order chi connectivity index (χ1) is 10.2. The van der Waals surface area contributed by atoms with Gasteiger partial charge in [0.05, 0.1) is 7.11 Å². The van der Waals surface area contributed by atoms with Crippen LogP contribution >= 0.6 is 0 Å². The van der Waals surface area contributed by atoms with Crippen LogP contribution in [0.15, 0.2) is 28.8 Å². The number of likely N-dealkylation sites (tertiary alicyclic amines) is 1. The minimum absolute atomic E-state index is 0.439. The largest absolute Gasteiger partial charge is 0.497 e. The van der Waals surface area contributed by atoms with E-state index in [9.17, 15) is 0 Å². The highest BCUT2D eigenvalue weighted by Gasteiger charge is 2.24. The van der Waals surface area contributed by atoms with Crippen LogP contribution in [0.1, 0.15) is 36.0 Å². The third kappa shape index (κ3) is 3.42. The molecule has 112 valence electrons. The third-order valence-corrected chi connectivity index (χ3v) is 4.06. The molecule has 0 saturated carbocycles. The standard InChI is InChI=1S/C16H21N3O2/c1-12-17-16(18-21-12)14-7-9-19(10-8-14)11-13-3-5-15(20-2)6-4-13/h3-6,14H,7-11H2,1-2H3. The van der Waals surface area contributed by atoms with E-state index in [-0.39, 0.29) is 0 Å². The van der Waals surface area contributed by atoms with Crippen molar-refractivity contribution in [2.75, 3.05) is 20.2 Å². The molecular formula is C16H21N3O2. The third-order valence-electron chi connectivity index (χ3n) is 4.06. The minimum atomic E-state index is 0.439. The molecule has 1 saturated heterocycles. The molecule has 0 atom stereocenters. The predicted molar refractivity (Wildman–Crippen MR) is 79.3 cm³/mol. The van der Waals surface area contributed by atoms with E-state index in [1.165, 1.54) is 5.56 Å². The number of hydrogen-bond donors (Lipinski definition) is 0. The molecule has 2 heterocycles. The average molecular weight is 287 g/mol. The Hall–Kier alpha value is -1.88. The Bertz CT molecular complexity index is 571. The fourth-order valence-electron chi connectivity index (χ4n) is 2.82. The summed E-state index contributed by atoms with van der Waals surface area (Å²) in [7, 11) is 1.69. The zero-order valence-corrected chi connectivity index (χ0v) is 12.6. The van der Waals surface area contributed by atoms with Crippen molar-refractivity contribution in [1.82, 2.24) is 15.0 Å². The molecule has 1 aliphatic rings. The highest BCUT2D eigenvalue weighted by atomic mass is 16.5. The Morgan fingerprint density at radius 1 is 1.24 bits per heavy atom. The lowest BCUT2D eigenvalue weighted by molar-refractivity contribution is 0.200. The summed E-state index contributed by atoms with van der Waals surface area (Å²) in [5.41, 5.74) is 1.32. The number of ether oxygens (including phenoxy) is 1.